The summed E-state index contributed by atoms with van der Waals surface area (Å²) in [7, 11) is 0. The number of thioether (sulfide) groups is 1. The minimum atomic E-state index is -0.640. The van der Waals surface area contributed by atoms with Crippen LogP contribution < -0.4 is 11.1 Å². The molecule has 1 unspecified atom stereocenters. The van der Waals surface area contributed by atoms with E-state index in [1.54, 1.807) is 0 Å². The molecule has 0 spiro atoms. The van der Waals surface area contributed by atoms with Crippen molar-refractivity contribution in [2.45, 2.75) is 44.6 Å². The third-order valence-corrected chi connectivity index (χ3v) is 3.92. The Hall–Kier alpha value is -0.220. The molecule has 94 valence electrons. The molecule has 1 aliphatic carbocycles. The molecule has 0 heterocycles. The molecule has 0 saturated heterocycles. The first-order valence-electron chi connectivity index (χ1n) is 6.15. The molecule has 0 aromatic heterocycles. The fraction of sp³-hybridized carbons (Fsp3) is 0.917. The predicted octanol–water partition coefficient (Wildman–Crippen LogP) is 1.76. The standard InChI is InChI=1S/C12H24N2OS/c1-12(13,10-6-7-10)11(15)14-8-4-3-5-9-16-2/h10H,3-9,13H2,1-2H3,(H,14,15). The van der Waals surface area contributed by atoms with Gasteiger partial charge in [0, 0.05) is 6.54 Å². The summed E-state index contributed by atoms with van der Waals surface area (Å²) < 4.78 is 0. The van der Waals surface area contributed by atoms with Crippen molar-refractivity contribution in [3.8, 4) is 0 Å². The Labute approximate surface area is 103 Å². The average molecular weight is 244 g/mol. The SMILES string of the molecule is CSCCCCCNC(=O)C(C)(N)C1CC1. The van der Waals surface area contributed by atoms with E-state index < -0.39 is 5.54 Å². The van der Waals surface area contributed by atoms with Crippen LogP contribution in [0.3, 0.4) is 0 Å². The van der Waals surface area contributed by atoms with Crippen molar-refractivity contribution in [1.29, 1.82) is 0 Å². The Morgan fingerprint density at radius 1 is 1.44 bits per heavy atom. The molecule has 1 fully saturated rings. The van der Waals surface area contributed by atoms with E-state index in [1.165, 1.54) is 18.6 Å². The molecule has 1 saturated carbocycles. The molecule has 1 atom stereocenters. The zero-order valence-electron chi connectivity index (χ0n) is 10.4. The van der Waals surface area contributed by atoms with Crippen LogP contribution in [0.4, 0.5) is 0 Å². The van der Waals surface area contributed by atoms with Crippen LogP contribution in [0.1, 0.15) is 39.0 Å². The topological polar surface area (TPSA) is 55.1 Å². The number of nitrogens with two attached hydrogens (primary N) is 1. The summed E-state index contributed by atoms with van der Waals surface area (Å²) in [5, 5.41) is 2.95. The van der Waals surface area contributed by atoms with Crippen molar-refractivity contribution < 1.29 is 4.79 Å². The maximum Gasteiger partial charge on any atom is 0.240 e. The van der Waals surface area contributed by atoms with Gasteiger partial charge in [0.2, 0.25) is 5.91 Å². The molecule has 4 heteroatoms. The normalized spacial score (nSPS) is 19.2. The van der Waals surface area contributed by atoms with Gasteiger partial charge in [-0.05, 0) is 50.5 Å². The third kappa shape index (κ3) is 4.34. The number of rotatable bonds is 8. The minimum Gasteiger partial charge on any atom is -0.355 e. The number of unbranched alkanes of at least 4 members (excludes halogenated alkanes) is 2. The largest absolute Gasteiger partial charge is 0.355 e. The molecule has 3 N–H and O–H groups in total. The van der Waals surface area contributed by atoms with Crippen molar-refractivity contribution in [2.24, 2.45) is 11.7 Å². The lowest BCUT2D eigenvalue weighted by atomic mass is 9.96. The molecule has 1 amide bonds. The molecule has 1 rings (SSSR count). The number of amides is 1. The lowest BCUT2D eigenvalue weighted by Crippen LogP contribution is -2.53. The summed E-state index contributed by atoms with van der Waals surface area (Å²) in [6, 6.07) is 0. The van der Waals surface area contributed by atoms with E-state index in [0.29, 0.717) is 5.92 Å². The Kier molecular flexibility index (Phi) is 5.62. The van der Waals surface area contributed by atoms with Crippen molar-refractivity contribution in [3.05, 3.63) is 0 Å². The van der Waals surface area contributed by atoms with Gasteiger partial charge in [-0.1, -0.05) is 6.42 Å². The van der Waals surface area contributed by atoms with Gasteiger partial charge in [-0.3, -0.25) is 4.79 Å². The molecule has 0 bridgehead atoms. The van der Waals surface area contributed by atoms with Crippen LogP contribution in [0.25, 0.3) is 0 Å². The fourth-order valence-corrected chi connectivity index (χ4v) is 2.30. The van der Waals surface area contributed by atoms with Crippen LogP contribution in [-0.4, -0.2) is 30.0 Å². The second kappa shape index (κ2) is 6.50. The Bertz CT molecular complexity index is 227. The monoisotopic (exact) mass is 244 g/mol. The maximum absolute atomic E-state index is 11.8. The third-order valence-electron chi connectivity index (χ3n) is 3.23. The summed E-state index contributed by atoms with van der Waals surface area (Å²) >= 11 is 1.88. The van der Waals surface area contributed by atoms with Crippen molar-refractivity contribution in [1.82, 2.24) is 5.32 Å². The smallest absolute Gasteiger partial charge is 0.240 e. The summed E-state index contributed by atoms with van der Waals surface area (Å²) in [6.07, 6.45) is 7.82. The molecule has 0 radical (unpaired) electrons. The van der Waals surface area contributed by atoms with Crippen LogP contribution in [0, 0.1) is 5.92 Å². The van der Waals surface area contributed by atoms with Crippen molar-refractivity contribution >= 4 is 17.7 Å². The van der Waals surface area contributed by atoms with Gasteiger partial charge in [-0.15, -0.1) is 0 Å². The molecule has 0 aromatic rings. The quantitative estimate of drug-likeness (QED) is 0.640. The predicted molar refractivity (Wildman–Crippen MR) is 70.6 cm³/mol. The zero-order chi connectivity index (χ0) is 12.0. The van der Waals surface area contributed by atoms with Gasteiger partial charge in [-0.2, -0.15) is 11.8 Å². The fourth-order valence-electron chi connectivity index (χ4n) is 1.81. The van der Waals surface area contributed by atoms with Gasteiger partial charge in [-0.25, -0.2) is 0 Å². The van der Waals surface area contributed by atoms with Crippen molar-refractivity contribution in [2.75, 3.05) is 18.6 Å². The van der Waals surface area contributed by atoms with E-state index in [9.17, 15) is 4.79 Å². The number of hydrogen-bond donors (Lipinski definition) is 2. The van der Waals surface area contributed by atoms with E-state index in [2.05, 4.69) is 11.6 Å². The second-order valence-corrected chi connectivity index (χ2v) is 5.85. The number of hydrogen-bond acceptors (Lipinski definition) is 3. The zero-order valence-corrected chi connectivity index (χ0v) is 11.2. The maximum atomic E-state index is 11.8. The van der Waals surface area contributed by atoms with Crippen LogP contribution in [0.15, 0.2) is 0 Å². The van der Waals surface area contributed by atoms with Crippen LogP contribution in [0.2, 0.25) is 0 Å². The molecular formula is C12H24N2OS. The second-order valence-electron chi connectivity index (χ2n) is 4.87. The van der Waals surface area contributed by atoms with E-state index >= 15 is 0 Å². The first-order chi connectivity index (χ1) is 7.59. The van der Waals surface area contributed by atoms with Gasteiger partial charge in [0.25, 0.3) is 0 Å². The van der Waals surface area contributed by atoms with E-state index in [1.807, 2.05) is 18.7 Å². The first kappa shape index (κ1) is 13.8. The molecule has 0 aromatic carbocycles. The average Bonchev–Trinajstić information content (AvgIpc) is 3.06. The highest BCUT2D eigenvalue weighted by atomic mass is 32.2. The lowest BCUT2D eigenvalue weighted by Gasteiger charge is -2.23. The van der Waals surface area contributed by atoms with Crippen LogP contribution >= 0.6 is 11.8 Å². The van der Waals surface area contributed by atoms with E-state index in [0.717, 1.165) is 25.8 Å². The lowest BCUT2D eigenvalue weighted by molar-refractivity contribution is -0.126. The van der Waals surface area contributed by atoms with Gasteiger partial charge >= 0.3 is 0 Å². The molecular weight excluding hydrogens is 220 g/mol. The van der Waals surface area contributed by atoms with Gasteiger partial charge in [0.05, 0.1) is 5.54 Å². The number of nitrogens with one attached hydrogen (secondary N) is 1. The summed E-state index contributed by atoms with van der Waals surface area (Å²) in [5.74, 6) is 1.65. The number of carbonyl (C=O) groups excluding carboxylic acids is 1. The molecule has 3 nitrogen and oxygen atoms in total. The van der Waals surface area contributed by atoms with Crippen LogP contribution in [0.5, 0.6) is 0 Å². The molecule has 1 aliphatic rings. The highest BCUT2D eigenvalue weighted by Gasteiger charge is 2.43. The summed E-state index contributed by atoms with van der Waals surface area (Å²) in [6.45, 7) is 2.63. The van der Waals surface area contributed by atoms with E-state index in [4.69, 9.17) is 5.73 Å². The molecule has 16 heavy (non-hydrogen) atoms. The first-order valence-corrected chi connectivity index (χ1v) is 7.54. The Balaban J connectivity index is 2.06. The van der Waals surface area contributed by atoms with Crippen LogP contribution in [-0.2, 0) is 4.79 Å². The van der Waals surface area contributed by atoms with Crippen molar-refractivity contribution in [3.63, 3.8) is 0 Å². The summed E-state index contributed by atoms with van der Waals surface area (Å²) in [4.78, 5) is 11.8. The number of carbonyl (C=O) groups is 1. The van der Waals surface area contributed by atoms with Gasteiger partial charge in [0.15, 0.2) is 0 Å². The summed E-state index contributed by atoms with van der Waals surface area (Å²) in [5.41, 5.74) is 5.37. The Morgan fingerprint density at radius 3 is 2.69 bits per heavy atom. The minimum absolute atomic E-state index is 0.0277. The highest BCUT2D eigenvalue weighted by molar-refractivity contribution is 7.98. The van der Waals surface area contributed by atoms with Gasteiger partial charge < -0.3 is 11.1 Å². The van der Waals surface area contributed by atoms with Gasteiger partial charge in [0.1, 0.15) is 0 Å². The molecule has 0 aliphatic heterocycles. The Morgan fingerprint density at radius 2 is 2.12 bits per heavy atom. The highest BCUT2D eigenvalue weighted by Crippen LogP contribution is 2.38. The van der Waals surface area contributed by atoms with E-state index in [-0.39, 0.29) is 5.91 Å².